The number of halogens is 1. The first-order chi connectivity index (χ1) is 14.0. The number of alkyl halides is 1. The Morgan fingerprint density at radius 1 is 1.28 bits per heavy atom. The summed E-state index contributed by atoms with van der Waals surface area (Å²) in [5.74, 6) is 0.419. The number of rotatable bonds is 7. The molecule has 4 rings (SSSR count). The summed E-state index contributed by atoms with van der Waals surface area (Å²) in [6.07, 6.45) is -1.62. The third-order valence-corrected chi connectivity index (χ3v) is 5.05. The Bertz CT molecular complexity index is 1000. The molecular formula is C21H22FN3O4. The maximum atomic E-state index is 14.4. The maximum absolute atomic E-state index is 14.4. The van der Waals surface area contributed by atoms with Gasteiger partial charge >= 0.3 is 5.97 Å². The van der Waals surface area contributed by atoms with E-state index in [-0.39, 0.29) is 18.7 Å². The van der Waals surface area contributed by atoms with Gasteiger partial charge in [0, 0.05) is 25.7 Å². The molecule has 1 fully saturated rings. The highest BCUT2D eigenvalue weighted by Crippen LogP contribution is 2.22. The van der Waals surface area contributed by atoms with E-state index in [1.807, 2.05) is 23.1 Å². The van der Waals surface area contributed by atoms with Crippen molar-refractivity contribution in [3.63, 3.8) is 0 Å². The predicted molar refractivity (Wildman–Crippen MR) is 105 cm³/mol. The van der Waals surface area contributed by atoms with E-state index >= 15 is 0 Å². The Morgan fingerprint density at radius 2 is 2.07 bits per heavy atom. The van der Waals surface area contributed by atoms with Crippen molar-refractivity contribution in [1.82, 2.24) is 14.9 Å². The second-order valence-electron chi connectivity index (χ2n) is 7.13. The second-order valence-corrected chi connectivity index (χ2v) is 7.13. The first-order valence-corrected chi connectivity index (χ1v) is 9.34. The lowest BCUT2D eigenvalue weighted by molar-refractivity contribution is 0.00864. The molecule has 3 aromatic rings. The highest BCUT2D eigenvalue weighted by atomic mass is 19.1. The van der Waals surface area contributed by atoms with Crippen LogP contribution in [0.5, 0.6) is 5.75 Å². The highest BCUT2D eigenvalue weighted by molar-refractivity contribution is 5.87. The van der Waals surface area contributed by atoms with Gasteiger partial charge < -0.3 is 19.6 Å². The van der Waals surface area contributed by atoms with Gasteiger partial charge in [-0.2, -0.15) is 0 Å². The number of benzene rings is 2. The average Bonchev–Trinajstić information content (AvgIpc) is 3.28. The third-order valence-electron chi connectivity index (χ3n) is 5.05. The lowest BCUT2D eigenvalue weighted by atomic mass is 10.1. The summed E-state index contributed by atoms with van der Waals surface area (Å²) in [6, 6.07) is 12.2. The Kier molecular flexibility index (Phi) is 5.46. The first kappa shape index (κ1) is 19.4. The molecule has 1 aliphatic rings. The Labute approximate surface area is 167 Å². The molecule has 1 aromatic heterocycles. The van der Waals surface area contributed by atoms with Crippen molar-refractivity contribution < 1.29 is 23.8 Å². The van der Waals surface area contributed by atoms with Gasteiger partial charge in [-0.3, -0.25) is 4.90 Å². The van der Waals surface area contributed by atoms with Gasteiger partial charge in [0.15, 0.2) is 0 Å². The number of carbonyl (C=O) groups is 1. The molecule has 0 bridgehead atoms. The molecule has 1 saturated heterocycles. The van der Waals surface area contributed by atoms with Crippen LogP contribution in [0.2, 0.25) is 0 Å². The van der Waals surface area contributed by atoms with Crippen molar-refractivity contribution in [3.8, 4) is 5.75 Å². The predicted octanol–water partition coefficient (Wildman–Crippen LogP) is 3.01. The van der Waals surface area contributed by atoms with Gasteiger partial charge in [-0.25, -0.2) is 14.2 Å². The molecular weight excluding hydrogens is 377 g/mol. The lowest BCUT2D eigenvalue weighted by Gasteiger charge is -2.15. The van der Waals surface area contributed by atoms with Crippen LogP contribution in [0.3, 0.4) is 0 Å². The quantitative estimate of drug-likeness (QED) is 0.635. The number of imidazole rings is 1. The normalized spacial score (nSPS) is 19.7. The molecule has 0 saturated carbocycles. The molecule has 29 heavy (non-hydrogen) atoms. The molecule has 0 aliphatic carbocycles. The zero-order valence-electron chi connectivity index (χ0n) is 16.0. The molecule has 7 nitrogen and oxygen atoms in total. The number of H-pyrrole nitrogens is 1. The van der Waals surface area contributed by atoms with Crippen molar-refractivity contribution >= 4 is 17.0 Å². The molecule has 2 N–H and O–H groups in total. The molecule has 2 heterocycles. The van der Waals surface area contributed by atoms with Gasteiger partial charge in [0.1, 0.15) is 30.5 Å². The fourth-order valence-electron chi connectivity index (χ4n) is 3.53. The fourth-order valence-corrected chi connectivity index (χ4v) is 3.53. The van der Waals surface area contributed by atoms with E-state index in [9.17, 15) is 9.18 Å². The summed E-state index contributed by atoms with van der Waals surface area (Å²) >= 11 is 0. The van der Waals surface area contributed by atoms with Crippen molar-refractivity contribution in [2.24, 2.45) is 0 Å². The number of aromatic nitrogens is 2. The van der Waals surface area contributed by atoms with Crippen LogP contribution in [-0.2, 0) is 17.9 Å². The van der Waals surface area contributed by atoms with Crippen LogP contribution < -0.4 is 4.74 Å². The number of aromatic carboxylic acids is 1. The summed E-state index contributed by atoms with van der Waals surface area (Å²) in [5.41, 5.74) is 2.83. The van der Waals surface area contributed by atoms with Crippen LogP contribution >= 0.6 is 0 Å². The zero-order valence-corrected chi connectivity index (χ0v) is 16.0. The molecule has 0 radical (unpaired) electrons. The van der Waals surface area contributed by atoms with Crippen LogP contribution in [0.25, 0.3) is 11.0 Å². The number of ether oxygens (including phenoxy) is 2. The monoisotopic (exact) mass is 399 g/mol. The topological polar surface area (TPSA) is 87.7 Å². The molecule has 2 atom stereocenters. The fraction of sp³-hybridized carbons (Fsp3) is 0.333. The minimum Gasteiger partial charge on any atom is -0.497 e. The van der Waals surface area contributed by atoms with Crippen LogP contribution in [0, 0.1) is 0 Å². The van der Waals surface area contributed by atoms with Crippen LogP contribution in [0.15, 0.2) is 42.5 Å². The summed E-state index contributed by atoms with van der Waals surface area (Å²) in [6.45, 7) is 1.49. The van der Waals surface area contributed by atoms with Gasteiger partial charge in [0.2, 0.25) is 0 Å². The number of nitrogens with zero attached hydrogens (tertiary/aromatic N) is 2. The zero-order chi connectivity index (χ0) is 20.4. The summed E-state index contributed by atoms with van der Waals surface area (Å²) in [7, 11) is 1.61. The number of likely N-dealkylation sites (tertiary alicyclic amines) is 1. The van der Waals surface area contributed by atoms with E-state index in [1.54, 1.807) is 31.4 Å². The Hall–Kier alpha value is -2.97. The highest BCUT2D eigenvalue weighted by Gasteiger charge is 2.33. The second kappa shape index (κ2) is 8.18. The number of methoxy groups -OCH3 is 1. The van der Waals surface area contributed by atoms with Gasteiger partial charge in [-0.15, -0.1) is 0 Å². The minimum atomic E-state index is -1.09. The number of aromatic amines is 1. The van der Waals surface area contributed by atoms with Crippen molar-refractivity contribution in [2.75, 3.05) is 20.2 Å². The van der Waals surface area contributed by atoms with E-state index in [0.29, 0.717) is 18.9 Å². The number of hydrogen-bond acceptors (Lipinski definition) is 5. The number of fused-ring (bicyclic) bond motifs is 1. The largest absolute Gasteiger partial charge is 0.497 e. The molecule has 8 heteroatoms. The number of hydrogen-bond donors (Lipinski definition) is 2. The number of carboxylic acid groups (broad SMARTS) is 1. The molecule has 1 aliphatic heterocycles. The van der Waals surface area contributed by atoms with Crippen molar-refractivity contribution in [3.05, 3.63) is 59.4 Å². The summed E-state index contributed by atoms with van der Waals surface area (Å²) < 4.78 is 25.4. The molecule has 152 valence electrons. The van der Waals surface area contributed by atoms with E-state index < -0.39 is 18.2 Å². The smallest absolute Gasteiger partial charge is 0.335 e. The van der Waals surface area contributed by atoms with E-state index in [4.69, 9.17) is 14.6 Å². The Balaban J connectivity index is 1.33. The van der Waals surface area contributed by atoms with Crippen molar-refractivity contribution in [1.29, 1.82) is 0 Å². The molecule has 2 aromatic carbocycles. The Morgan fingerprint density at radius 3 is 2.79 bits per heavy atom. The van der Waals surface area contributed by atoms with E-state index in [1.165, 1.54) is 0 Å². The van der Waals surface area contributed by atoms with Gasteiger partial charge in [0.05, 0.1) is 23.7 Å². The standard InChI is InChI=1S/C21H22FN3O4/c1-28-15-6-7-17-18(8-15)24-20(23-17)12-29-19-11-25(10-16(19)22)9-13-2-4-14(5-3-13)21(26)27/h2-8,16,19H,9-12H2,1H3,(H,23,24)(H,26,27). The molecule has 0 spiro atoms. The third kappa shape index (κ3) is 4.38. The van der Waals surface area contributed by atoms with Gasteiger partial charge in [-0.1, -0.05) is 12.1 Å². The average molecular weight is 399 g/mol. The van der Waals surface area contributed by atoms with Crippen LogP contribution in [-0.4, -0.2) is 58.4 Å². The van der Waals surface area contributed by atoms with Crippen LogP contribution in [0.1, 0.15) is 21.7 Å². The van der Waals surface area contributed by atoms with Gasteiger partial charge in [0.25, 0.3) is 0 Å². The van der Waals surface area contributed by atoms with Crippen molar-refractivity contribution in [2.45, 2.75) is 25.4 Å². The van der Waals surface area contributed by atoms with E-state index in [2.05, 4.69) is 9.97 Å². The summed E-state index contributed by atoms with van der Waals surface area (Å²) in [4.78, 5) is 20.5. The number of carboxylic acids is 1. The SMILES string of the molecule is COc1ccc2nc(COC3CN(Cc4ccc(C(=O)O)cc4)CC3F)[nH]c2c1. The number of nitrogens with one attached hydrogen (secondary N) is 1. The van der Waals surface area contributed by atoms with E-state index in [0.717, 1.165) is 22.3 Å². The maximum Gasteiger partial charge on any atom is 0.335 e. The summed E-state index contributed by atoms with van der Waals surface area (Å²) in [5, 5.41) is 8.96. The van der Waals surface area contributed by atoms with Crippen LogP contribution in [0.4, 0.5) is 4.39 Å². The van der Waals surface area contributed by atoms with Gasteiger partial charge in [-0.05, 0) is 29.8 Å². The lowest BCUT2D eigenvalue weighted by Crippen LogP contribution is -2.24. The minimum absolute atomic E-state index is 0.198. The molecule has 2 unspecified atom stereocenters. The molecule has 0 amide bonds. The first-order valence-electron chi connectivity index (χ1n) is 9.34.